The number of hydrogen-bond donors (Lipinski definition) is 0. The quantitative estimate of drug-likeness (QED) is 0.609. The van der Waals surface area contributed by atoms with Gasteiger partial charge in [0.25, 0.3) is 0 Å². The largest absolute Gasteiger partial charge is 0.484 e. The Balaban J connectivity index is 2.31. The third-order valence-electron chi connectivity index (χ3n) is 3.51. The molecule has 0 bridgehead atoms. The first-order valence-corrected chi connectivity index (χ1v) is 7.62. The zero-order chi connectivity index (χ0) is 17.6. The number of benzene rings is 1. The van der Waals surface area contributed by atoms with E-state index in [0.717, 1.165) is 25.0 Å². The number of alkyl halides is 3. The van der Waals surface area contributed by atoms with Crippen LogP contribution in [0.4, 0.5) is 18.9 Å². The minimum absolute atomic E-state index is 0.0847. The lowest BCUT2D eigenvalue weighted by atomic mass is 10.1. The highest BCUT2D eigenvalue weighted by molar-refractivity contribution is 5.56. The molecule has 0 saturated carbocycles. The molecule has 0 saturated heterocycles. The van der Waals surface area contributed by atoms with Crippen LogP contribution in [0.5, 0.6) is 5.75 Å². The predicted molar refractivity (Wildman–Crippen MR) is 84.8 cm³/mol. The van der Waals surface area contributed by atoms with Gasteiger partial charge in [-0.2, -0.15) is 13.2 Å². The summed E-state index contributed by atoms with van der Waals surface area (Å²) in [7, 11) is 0. The maximum Gasteiger partial charge on any atom is 0.407 e. The number of rotatable bonds is 6. The molecule has 1 aromatic heterocycles. The third-order valence-corrected chi connectivity index (χ3v) is 3.51. The molecular weight excluding hydrogens is 317 g/mol. The third kappa shape index (κ3) is 4.48. The second kappa shape index (κ2) is 7.82. The summed E-state index contributed by atoms with van der Waals surface area (Å²) in [5.41, 5.74) is -0.739. The van der Waals surface area contributed by atoms with Crippen LogP contribution in [-0.2, 0) is 6.18 Å². The molecule has 1 unspecified atom stereocenters. The Kier molecular flexibility index (Phi) is 5.80. The van der Waals surface area contributed by atoms with Crippen LogP contribution < -0.4 is 4.74 Å². The van der Waals surface area contributed by atoms with Gasteiger partial charge in [-0.05, 0) is 37.1 Å². The van der Waals surface area contributed by atoms with Crippen molar-refractivity contribution in [1.82, 2.24) is 4.98 Å². The van der Waals surface area contributed by atoms with Crippen molar-refractivity contribution in [3.8, 4) is 5.75 Å². The molecule has 1 heterocycles. The summed E-state index contributed by atoms with van der Waals surface area (Å²) >= 11 is 0. The Morgan fingerprint density at radius 2 is 2.04 bits per heavy atom. The van der Waals surface area contributed by atoms with Crippen LogP contribution in [0.2, 0.25) is 0 Å². The van der Waals surface area contributed by atoms with Gasteiger partial charge in [-0.3, -0.25) is 4.98 Å². The minimum atomic E-state index is -4.59. The van der Waals surface area contributed by atoms with Gasteiger partial charge in [0.05, 0.1) is 17.8 Å². The number of aromatic nitrogens is 1. The van der Waals surface area contributed by atoms with E-state index in [4.69, 9.17) is 11.3 Å². The number of unbranched alkanes of at least 4 members (excludes halogenated alkanes) is 1. The number of halogens is 3. The van der Waals surface area contributed by atoms with Crippen LogP contribution in [0.3, 0.4) is 0 Å². The van der Waals surface area contributed by atoms with Crippen molar-refractivity contribution < 1.29 is 17.9 Å². The van der Waals surface area contributed by atoms with Crippen molar-refractivity contribution in [2.75, 3.05) is 0 Å². The average molecular weight is 334 g/mol. The first-order chi connectivity index (χ1) is 11.5. The fourth-order valence-corrected chi connectivity index (χ4v) is 2.30. The van der Waals surface area contributed by atoms with E-state index in [0.29, 0.717) is 12.1 Å². The van der Waals surface area contributed by atoms with Gasteiger partial charge < -0.3 is 4.74 Å². The summed E-state index contributed by atoms with van der Waals surface area (Å²) in [5.74, 6) is 0.0847. The van der Waals surface area contributed by atoms with Crippen molar-refractivity contribution in [2.45, 2.75) is 38.5 Å². The zero-order valence-electron chi connectivity index (χ0n) is 13.2. The number of pyridine rings is 1. The van der Waals surface area contributed by atoms with Crippen LogP contribution in [0.15, 0.2) is 42.6 Å². The van der Waals surface area contributed by atoms with E-state index >= 15 is 0 Å². The second-order valence-electron chi connectivity index (χ2n) is 5.29. The van der Waals surface area contributed by atoms with E-state index in [1.54, 1.807) is 18.3 Å². The second-order valence-corrected chi connectivity index (χ2v) is 5.29. The van der Waals surface area contributed by atoms with E-state index in [9.17, 15) is 13.2 Å². The molecule has 0 aliphatic heterocycles. The van der Waals surface area contributed by atoms with Crippen molar-refractivity contribution in [2.24, 2.45) is 0 Å². The fourth-order valence-electron chi connectivity index (χ4n) is 2.30. The van der Waals surface area contributed by atoms with Gasteiger partial charge in [0.15, 0.2) is 5.69 Å². The van der Waals surface area contributed by atoms with E-state index in [1.165, 1.54) is 6.07 Å². The van der Waals surface area contributed by atoms with Crippen molar-refractivity contribution in [3.63, 3.8) is 0 Å². The first-order valence-electron chi connectivity index (χ1n) is 7.62. The summed E-state index contributed by atoms with van der Waals surface area (Å²) in [6.45, 7) is 8.91. The van der Waals surface area contributed by atoms with Crippen molar-refractivity contribution >= 4 is 5.69 Å². The van der Waals surface area contributed by atoms with Crippen LogP contribution in [0.1, 0.15) is 43.5 Å². The van der Waals surface area contributed by atoms with Gasteiger partial charge in [0.2, 0.25) is 0 Å². The average Bonchev–Trinajstić information content (AvgIpc) is 2.58. The molecule has 0 N–H and O–H groups in total. The highest BCUT2D eigenvalue weighted by Gasteiger charge is 2.34. The minimum Gasteiger partial charge on any atom is -0.484 e. The van der Waals surface area contributed by atoms with Crippen molar-refractivity contribution in [3.05, 3.63) is 65.3 Å². The lowest BCUT2D eigenvalue weighted by Gasteiger charge is -2.20. The molecule has 0 radical (unpaired) electrons. The van der Waals surface area contributed by atoms with Crippen LogP contribution in [-0.4, -0.2) is 4.98 Å². The smallest absolute Gasteiger partial charge is 0.407 e. The number of ether oxygens (including phenoxy) is 1. The normalized spacial score (nSPS) is 12.5. The number of nitrogens with zero attached hydrogens (tertiary/aromatic N) is 2. The topological polar surface area (TPSA) is 26.5 Å². The maximum atomic E-state index is 13.1. The Morgan fingerprint density at radius 3 is 2.62 bits per heavy atom. The SMILES string of the molecule is [C-]#[N+]c1ccc(OC(CCCC)c2ccccn2)cc1C(F)(F)F. The molecule has 1 atom stereocenters. The molecular formula is C18H17F3N2O. The molecule has 126 valence electrons. The zero-order valence-corrected chi connectivity index (χ0v) is 13.2. The molecule has 0 spiro atoms. The number of hydrogen-bond acceptors (Lipinski definition) is 2. The standard InChI is InChI=1S/C18H17F3N2O/c1-3-4-8-17(16-7-5-6-11-23-16)24-13-9-10-15(22-2)14(12-13)18(19,20)21/h5-7,9-12,17H,3-4,8H2,1H3. The fraction of sp³-hybridized carbons (Fsp3) is 0.333. The highest BCUT2D eigenvalue weighted by atomic mass is 19.4. The summed E-state index contributed by atoms with van der Waals surface area (Å²) in [6, 6.07) is 8.79. The van der Waals surface area contributed by atoms with E-state index in [-0.39, 0.29) is 5.75 Å². The first kappa shape index (κ1) is 17.8. The molecule has 2 rings (SSSR count). The molecule has 0 fully saturated rings. The predicted octanol–water partition coefficient (Wildman–Crippen LogP) is 5.96. The molecule has 0 aliphatic rings. The maximum absolute atomic E-state index is 13.1. The summed E-state index contributed by atoms with van der Waals surface area (Å²) in [5, 5.41) is 0. The lowest BCUT2D eigenvalue weighted by Crippen LogP contribution is -2.11. The molecule has 0 aliphatic carbocycles. The molecule has 0 amide bonds. The van der Waals surface area contributed by atoms with E-state index < -0.39 is 23.5 Å². The van der Waals surface area contributed by atoms with Gasteiger partial charge in [-0.1, -0.05) is 25.5 Å². The van der Waals surface area contributed by atoms with E-state index in [1.807, 2.05) is 13.0 Å². The highest BCUT2D eigenvalue weighted by Crippen LogP contribution is 2.39. The Bertz CT molecular complexity index is 708. The van der Waals surface area contributed by atoms with Crippen LogP contribution in [0.25, 0.3) is 4.85 Å². The summed E-state index contributed by atoms with van der Waals surface area (Å²) < 4.78 is 45.0. The molecule has 1 aromatic carbocycles. The summed E-state index contributed by atoms with van der Waals surface area (Å²) in [6.07, 6.45) is -0.931. The van der Waals surface area contributed by atoms with Crippen LogP contribution >= 0.6 is 0 Å². The summed E-state index contributed by atoms with van der Waals surface area (Å²) in [4.78, 5) is 7.16. The molecule has 6 heteroatoms. The van der Waals surface area contributed by atoms with Gasteiger partial charge in [0, 0.05) is 6.20 Å². The van der Waals surface area contributed by atoms with Gasteiger partial charge in [-0.15, -0.1) is 0 Å². The van der Waals surface area contributed by atoms with Gasteiger partial charge in [0.1, 0.15) is 11.9 Å². The Labute approximate surface area is 138 Å². The van der Waals surface area contributed by atoms with Gasteiger partial charge in [-0.25, -0.2) is 4.85 Å². The van der Waals surface area contributed by atoms with E-state index in [2.05, 4.69) is 9.83 Å². The lowest BCUT2D eigenvalue weighted by molar-refractivity contribution is -0.137. The van der Waals surface area contributed by atoms with Crippen molar-refractivity contribution in [1.29, 1.82) is 0 Å². The van der Waals surface area contributed by atoms with Gasteiger partial charge >= 0.3 is 6.18 Å². The Morgan fingerprint density at radius 1 is 1.25 bits per heavy atom. The monoisotopic (exact) mass is 334 g/mol. The molecule has 2 aromatic rings. The molecule has 24 heavy (non-hydrogen) atoms. The van der Waals surface area contributed by atoms with Crippen LogP contribution in [0, 0.1) is 6.57 Å². The molecule has 3 nitrogen and oxygen atoms in total. The Hall–Kier alpha value is -2.55.